The van der Waals surface area contributed by atoms with Crippen LogP contribution in [0.25, 0.3) is 0 Å². The van der Waals surface area contributed by atoms with E-state index in [1.54, 1.807) is 18.3 Å². The Labute approximate surface area is 133 Å². The van der Waals surface area contributed by atoms with Crippen molar-refractivity contribution in [1.29, 1.82) is 0 Å². The van der Waals surface area contributed by atoms with Crippen LogP contribution in [0.4, 0.5) is 10.1 Å². The standard InChI is InChI=1S/C15H18ClFN2OS/c1-15(2,3)9-20-13-5-4-10(6-12(13)17)18-7-11-8-19-14(16)21-11/h4-6,8,18H,7,9H2,1-3H3. The molecule has 3 nitrogen and oxygen atoms in total. The predicted octanol–water partition coefficient (Wildman–Crippen LogP) is 4.97. The van der Waals surface area contributed by atoms with Crippen molar-refractivity contribution >= 4 is 28.6 Å². The normalized spacial score (nSPS) is 11.5. The van der Waals surface area contributed by atoms with Gasteiger partial charge < -0.3 is 10.1 Å². The summed E-state index contributed by atoms with van der Waals surface area (Å²) in [5, 5.41) is 3.13. The molecule has 0 saturated heterocycles. The minimum atomic E-state index is -0.369. The molecular weight excluding hydrogens is 311 g/mol. The first-order valence-corrected chi connectivity index (χ1v) is 7.79. The Kier molecular flexibility index (Phi) is 5.06. The van der Waals surface area contributed by atoms with Gasteiger partial charge in [0.25, 0.3) is 0 Å². The van der Waals surface area contributed by atoms with E-state index in [9.17, 15) is 4.39 Å². The van der Waals surface area contributed by atoms with E-state index in [1.165, 1.54) is 17.4 Å². The maximum atomic E-state index is 14.0. The molecule has 2 aromatic rings. The molecule has 0 aliphatic carbocycles. The monoisotopic (exact) mass is 328 g/mol. The highest BCUT2D eigenvalue weighted by Gasteiger charge is 2.13. The molecule has 0 fully saturated rings. The first kappa shape index (κ1) is 16.0. The summed E-state index contributed by atoms with van der Waals surface area (Å²) in [4.78, 5) is 4.95. The molecule has 0 bridgehead atoms. The van der Waals surface area contributed by atoms with Gasteiger partial charge >= 0.3 is 0 Å². The fourth-order valence-electron chi connectivity index (χ4n) is 1.58. The summed E-state index contributed by atoms with van der Waals surface area (Å²) < 4.78 is 20.0. The lowest BCUT2D eigenvalue weighted by Gasteiger charge is -2.19. The van der Waals surface area contributed by atoms with Crippen molar-refractivity contribution in [1.82, 2.24) is 4.98 Å². The Bertz CT molecular complexity index is 610. The van der Waals surface area contributed by atoms with Gasteiger partial charge in [-0.1, -0.05) is 32.4 Å². The van der Waals surface area contributed by atoms with Crippen LogP contribution in [-0.4, -0.2) is 11.6 Å². The van der Waals surface area contributed by atoms with E-state index in [2.05, 4.69) is 10.3 Å². The summed E-state index contributed by atoms with van der Waals surface area (Å²) in [7, 11) is 0. The van der Waals surface area contributed by atoms with E-state index < -0.39 is 0 Å². The second kappa shape index (κ2) is 6.62. The van der Waals surface area contributed by atoms with Crippen molar-refractivity contribution in [3.05, 3.63) is 39.6 Å². The number of ether oxygens (including phenoxy) is 1. The molecule has 0 unspecified atom stereocenters. The van der Waals surface area contributed by atoms with Crippen LogP contribution in [0.15, 0.2) is 24.4 Å². The number of anilines is 1. The fourth-order valence-corrected chi connectivity index (χ4v) is 2.49. The zero-order valence-electron chi connectivity index (χ0n) is 12.2. The van der Waals surface area contributed by atoms with Gasteiger partial charge in [0.2, 0.25) is 0 Å². The van der Waals surface area contributed by atoms with Gasteiger partial charge in [0, 0.05) is 22.8 Å². The van der Waals surface area contributed by atoms with E-state index in [-0.39, 0.29) is 17.0 Å². The molecule has 21 heavy (non-hydrogen) atoms. The smallest absolute Gasteiger partial charge is 0.183 e. The molecule has 114 valence electrons. The topological polar surface area (TPSA) is 34.1 Å². The van der Waals surface area contributed by atoms with Gasteiger partial charge in [-0.05, 0) is 17.5 Å². The van der Waals surface area contributed by atoms with Crippen LogP contribution in [-0.2, 0) is 6.54 Å². The Morgan fingerprint density at radius 2 is 2.14 bits per heavy atom. The third kappa shape index (κ3) is 5.17. The van der Waals surface area contributed by atoms with Crippen molar-refractivity contribution in [2.24, 2.45) is 5.41 Å². The van der Waals surface area contributed by atoms with Gasteiger partial charge in [-0.2, -0.15) is 0 Å². The second-order valence-corrected chi connectivity index (χ2v) is 7.62. The number of thiazole rings is 1. The largest absolute Gasteiger partial charge is 0.490 e. The summed E-state index contributed by atoms with van der Waals surface area (Å²) >= 11 is 7.16. The number of nitrogens with zero attached hydrogens (tertiary/aromatic N) is 1. The maximum Gasteiger partial charge on any atom is 0.183 e. The summed E-state index contributed by atoms with van der Waals surface area (Å²) in [5.74, 6) is -0.0945. The Balaban J connectivity index is 1.95. The van der Waals surface area contributed by atoms with Crippen LogP contribution < -0.4 is 10.1 Å². The summed E-state index contributed by atoms with van der Waals surface area (Å²) in [6.07, 6.45) is 1.71. The Hall–Kier alpha value is -1.33. The zero-order valence-corrected chi connectivity index (χ0v) is 13.8. The lowest BCUT2D eigenvalue weighted by atomic mass is 9.99. The van der Waals surface area contributed by atoms with Crippen molar-refractivity contribution in [3.8, 4) is 5.75 Å². The summed E-state index contributed by atoms with van der Waals surface area (Å²) in [6.45, 7) is 7.16. The average molecular weight is 329 g/mol. The number of aromatic nitrogens is 1. The molecular formula is C15H18ClFN2OS. The van der Waals surface area contributed by atoms with Crippen LogP contribution in [0.3, 0.4) is 0 Å². The van der Waals surface area contributed by atoms with Crippen LogP contribution in [0, 0.1) is 11.2 Å². The molecule has 0 atom stereocenters. The highest BCUT2D eigenvalue weighted by atomic mass is 35.5. The molecule has 6 heteroatoms. The number of hydrogen-bond donors (Lipinski definition) is 1. The SMILES string of the molecule is CC(C)(C)COc1ccc(NCc2cnc(Cl)s2)cc1F. The third-order valence-corrected chi connectivity index (χ3v) is 3.70. The van der Waals surface area contributed by atoms with Crippen molar-refractivity contribution in [2.75, 3.05) is 11.9 Å². The number of halogens is 2. The van der Waals surface area contributed by atoms with Gasteiger partial charge in [0.05, 0.1) is 13.2 Å². The Morgan fingerprint density at radius 3 is 2.71 bits per heavy atom. The van der Waals surface area contributed by atoms with Crippen molar-refractivity contribution in [2.45, 2.75) is 27.3 Å². The molecule has 1 aromatic carbocycles. The molecule has 0 radical (unpaired) electrons. The molecule has 0 spiro atoms. The van der Waals surface area contributed by atoms with Crippen molar-refractivity contribution < 1.29 is 9.13 Å². The van der Waals surface area contributed by atoms with Gasteiger partial charge in [-0.3, -0.25) is 0 Å². The molecule has 0 aliphatic rings. The van der Waals surface area contributed by atoms with E-state index in [4.69, 9.17) is 16.3 Å². The maximum absolute atomic E-state index is 14.0. The van der Waals surface area contributed by atoms with Gasteiger partial charge in [0.1, 0.15) is 0 Å². The number of hydrogen-bond acceptors (Lipinski definition) is 4. The van der Waals surface area contributed by atoms with Crippen LogP contribution in [0.5, 0.6) is 5.75 Å². The molecule has 0 aliphatic heterocycles. The lowest BCUT2D eigenvalue weighted by Crippen LogP contribution is -2.17. The van der Waals surface area contributed by atoms with E-state index in [0.29, 0.717) is 23.3 Å². The fraction of sp³-hybridized carbons (Fsp3) is 0.400. The van der Waals surface area contributed by atoms with Gasteiger partial charge in [-0.25, -0.2) is 9.37 Å². The molecule has 1 aromatic heterocycles. The van der Waals surface area contributed by atoms with E-state index in [0.717, 1.165) is 4.88 Å². The number of nitrogens with one attached hydrogen (secondary N) is 1. The average Bonchev–Trinajstić information content (AvgIpc) is 2.80. The lowest BCUT2D eigenvalue weighted by molar-refractivity contribution is 0.191. The minimum Gasteiger partial charge on any atom is -0.490 e. The van der Waals surface area contributed by atoms with Crippen LogP contribution in [0.2, 0.25) is 4.47 Å². The van der Waals surface area contributed by atoms with Gasteiger partial charge in [0.15, 0.2) is 16.0 Å². The van der Waals surface area contributed by atoms with Crippen LogP contribution >= 0.6 is 22.9 Å². The van der Waals surface area contributed by atoms with Crippen molar-refractivity contribution in [3.63, 3.8) is 0 Å². The quantitative estimate of drug-likeness (QED) is 0.841. The van der Waals surface area contributed by atoms with Gasteiger partial charge in [-0.15, -0.1) is 11.3 Å². The number of rotatable bonds is 5. The first-order valence-electron chi connectivity index (χ1n) is 6.60. The molecule has 0 amide bonds. The predicted molar refractivity (Wildman–Crippen MR) is 85.8 cm³/mol. The second-order valence-electron chi connectivity index (χ2n) is 5.93. The molecule has 0 saturated carbocycles. The molecule has 2 rings (SSSR count). The number of benzene rings is 1. The summed E-state index contributed by atoms with van der Waals surface area (Å²) in [5.41, 5.74) is 0.689. The third-order valence-electron chi connectivity index (χ3n) is 2.58. The van der Waals surface area contributed by atoms with Crippen LogP contribution in [0.1, 0.15) is 25.6 Å². The summed E-state index contributed by atoms with van der Waals surface area (Å²) in [6, 6.07) is 4.87. The zero-order chi connectivity index (χ0) is 15.5. The first-order chi connectivity index (χ1) is 9.83. The Morgan fingerprint density at radius 1 is 1.38 bits per heavy atom. The highest BCUT2D eigenvalue weighted by molar-refractivity contribution is 7.15. The molecule has 1 N–H and O–H groups in total. The van der Waals surface area contributed by atoms with E-state index >= 15 is 0 Å². The highest BCUT2D eigenvalue weighted by Crippen LogP contribution is 2.25. The molecule has 1 heterocycles. The van der Waals surface area contributed by atoms with E-state index in [1.807, 2.05) is 20.8 Å². The minimum absolute atomic E-state index is 0.00516.